The maximum atomic E-state index is 11.3. The Labute approximate surface area is 117 Å². The van der Waals surface area contributed by atoms with E-state index in [0.717, 1.165) is 0 Å². The average molecular weight is 274 g/mol. The minimum absolute atomic E-state index is 0.262. The van der Waals surface area contributed by atoms with Gasteiger partial charge in [-0.2, -0.15) is 0 Å². The van der Waals surface area contributed by atoms with Crippen LogP contribution < -0.4 is 5.32 Å². The second-order valence-electron chi connectivity index (χ2n) is 4.82. The molecule has 1 atom stereocenters. The molecule has 0 fully saturated rings. The first-order chi connectivity index (χ1) is 9.61. The van der Waals surface area contributed by atoms with E-state index in [1.165, 1.54) is 0 Å². The molecule has 20 heavy (non-hydrogen) atoms. The fraction of sp³-hybridized carbons (Fsp3) is 0.333. The van der Waals surface area contributed by atoms with Gasteiger partial charge in [-0.15, -0.1) is 0 Å². The molecule has 0 saturated carbocycles. The van der Waals surface area contributed by atoms with E-state index in [-0.39, 0.29) is 5.56 Å². The number of benzene rings is 1. The zero-order valence-electron chi connectivity index (χ0n) is 11.6. The molecule has 0 bridgehead atoms. The molecule has 5 heteroatoms. The van der Waals surface area contributed by atoms with Crippen molar-refractivity contribution in [1.29, 1.82) is 0 Å². The lowest BCUT2D eigenvalue weighted by atomic mass is 10.1. The molecule has 0 radical (unpaired) electrons. The van der Waals surface area contributed by atoms with Crippen LogP contribution in [0.4, 0.5) is 5.82 Å². The van der Waals surface area contributed by atoms with E-state index in [4.69, 9.17) is 4.74 Å². The smallest absolute Gasteiger partial charge is 0.336 e. The highest BCUT2D eigenvalue weighted by atomic mass is 16.5. The van der Waals surface area contributed by atoms with Crippen LogP contribution in [0, 0.1) is 5.92 Å². The third kappa shape index (κ3) is 3.24. The first-order valence-corrected chi connectivity index (χ1v) is 6.47. The number of pyridine rings is 1. The summed E-state index contributed by atoms with van der Waals surface area (Å²) in [5.74, 6) is -0.0535. The zero-order chi connectivity index (χ0) is 14.5. The summed E-state index contributed by atoms with van der Waals surface area (Å²) in [6, 6.07) is 8.81. The van der Waals surface area contributed by atoms with Gasteiger partial charge in [-0.3, -0.25) is 0 Å². The summed E-state index contributed by atoms with van der Waals surface area (Å²) < 4.78 is 5.07. The highest BCUT2D eigenvalue weighted by molar-refractivity contribution is 6.03. The molecule has 1 aromatic heterocycles. The van der Waals surface area contributed by atoms with E-state index in [9.17, 15) is 9.90 Å². The number of carboxylic acids is 1. The first-order valence-electron chi connectivity index (χ1n) is 6.47. The van der Waals surface area contributed by atoms with Crippen LogP contribution in [0.15, 0.2) is 30.3 Å². The number of carboxylic acid groups (broad SMARTS) is 1. The highest BCUT2D eigenvalue weighted by Gasteiger charge is 2.11. The Balaban J connectivity index is 2.28. The summed E-state index contributed by atoms with van der Waals surface area (Å²) in [4.78, 5) is 15.8. The number of fused-ring (bicyclic) bond motifs is 1. The normalized spacial score (nSPS) is 12.3. The second-order valence-corrected chi connectivity index (χ2v) is 4.82. The lowest BCUT2D eigenvalue weighted by Gasteiger charge is -2.13. The molecule has 0 aliphatic heterocycles. The van der Waals surface area contributed by atoms with Crippen molar-refractivity contribution >= 4 is 22.7 Å². The molecule has 0 amide bonds. The number of carbonyl (C=O) groups is 1. The number of aromatic nitrogens is 1. The van der Waals surface area contributed by atoms with E-state index in [1.807, 2.05) is 18.2 Å². The average Bonchev–Trinajstić information content (AvgIpc) is 2.44. The number of nitrogens with zero attached hydrogens (tertiary/aromatic N) is 1. The predicted molar refractivity (Wildman–Crippen MR) is 78.2 cm³/mol. The highest BCUT2D eigenvalue weighted by Crippen LogP contribution is 2.20. The molecule has 1 aromatic carbocycles. The van der Waals surface area contributed by atoms with Crippen LogP contribution in [-0.2, 0) is 4.74 Å². The number of hydrogen-bond donors (Lipinski definition) is 2. The summed E-state index contributed by atoms with van der Waals surface area (Å²) >= 11 is 0. The number of nitrogens with one attached hydrogen (secondary N) is 1. The van der Waals surface area contributed by atoms with Gasteiger partial charge in [0.1, 0.15) is 5.82 Å². The van der Waals surface area contributed by atoms with Gasteiger partial charge < -0.3 is 15.2 Å². The topological polar surface area (TPSA) is 71.5 Å². The van der Waals surface area contributed by atoms with Gasteiger partial charge in [-0.25, -0.2) is 9.78 Å². The fourth-order valence-electron chi connectivity index (χ4n) is 2.07. The van der Waals surface area contributed by atoms with E-state index >= 15 is 0 Å². The van der Waals surface area contributed by atoms with Crippen molar-refractivity contribution in [2.75, 3.05) is 25.6 Å². The summed E-state index contributed by atoms with van der Waals surface area (Å²) in [5.41, 5.74) is 0.937. The number of hydrogen-bond acceptors (Lipinski definition) is 4. The SMILES string of the molecule is COCC(C)CNc1cc(C(=O)O)c2ccccc2n1. The standard InChI is InChI=1S/C15H18N2O3/c1-10(9-20-2)8-16-14-7-12(15(18)19)11-5-3-4-6-13(11)17-14/h3-7,10H,8-9H2,1-2H3,(H,16,17)(H,18,19). The number of aromatic carboxylic acids is 1. The van der Waals surface area contributed by atoms with Crippen molar-refractivity contribution in [3.05, 3.63) is 35.9 Å². The van der Waals surface area contributed by atoms with E-state index in [2.05, 4.69) is 17.2 Å². The number of methoxy groups -OCH3 is 1. The molecule has 0 saturated heterocycles. The minimum Gasteiger partial charge on any atom is -0.478 e. The molecule has 5 nitrogen and oxygen atoms in total. The molecule has 106 valence electrons. The second kappa shape index (κ2) is 6.34. The van der Waals surface area contributed by atoms with Crippen LogP contribution in [0.5, 0.6) is 0 Å². The van der Waals surface area contributed by atoms with Crippen molar-refractivity contribution in [2.45, 2.75) is 6.92 Å². The molecule has 2 aromatic rings. The zero-order valence-corrected chi connectivity index (χ0v) is 11.6. The number of ether oxygens (including phenoxy) is 1. The lowest BCUT2D eigenvalue weighted by molar-refractivity contribution is 0.0699. The molecular weight excluding hydrogens is 256 g/mol. The van der Waals surface area contributed by atoms with Crippen molar-refractivity contribution in [3.63, 3.8) is 0 Å². The van der Waals surface area contributed by atoms with Crippen LogP contribution in [0.3, 0.4) is 0 Å². The third-order valence-corrected chi connectivity index (χ3v) is 3.03. The molecule has 2 rings (SSSR count). The monoisotopic (exact) mass is 274 g/mol. The Kier molecular flexibility index (Phi) is 4.53. The summed E-state index contributed by atoms with van der Waals surface area (Å²) in [6.07, 6.45) is 0. The Morgan fingerprint density at radius 1 is 1.45 bits per heavy atom. The number of rotatable bonds is 6. The van der Waals surface area contributed by atoms with Crippen molar-refractivity contribution < 1.29 is 14.6 Å². The molecular formula is C15H18N2O3. The third-order valence-electron chi connectivity index (χ3n) is 3.03. The van der Waals surface area contributed by atoms with Gasteiger partial charge in [0.25, 0.3) is 0 Å². The van der Waals surface area contributed by atoms with E-state index < -0.39 is 5.97 Å². The Bertz CT molecular complexity index is 613. The van der Waals surface area contributed by atoms with Crippen LogP contribution in [-0.4, -0.2) is 36.3 Å². The summed E-state index contributed by atoms with van der Waals surface area (Å²) in [5, 5.41) is 13.1. The van der Waals surface area contributed by atoms with Gasteiger partial charge in [0.15, 0.2) is 0 Å². The van der Waals surface area contributed by atoms with Gasteiger partial charge in [0.05, 0.1) is 17.7 Å². The van der Waals surface area contributed by atoms with Crippen LogP contribution in [0.1, 0.15) is 17.3 Å². The van der Waals surface area contributed by atoms with Gasteiger partial charge in [-0.05, 0) is 18.1 Å². The Morgan fingerprint density at radius 3 is 2.90 bits per heavy atom. The van der Waals surface area contributed by atoms with Crippen LogP contribution in [0.25, 0.3) is 10.9 Å². The molecule has 0 aliphatic carbocycles. The largest absolute Gasteiger partial charge is 0.478 e. The van der Waals surface area contributed by atoms with Crippen LogP contribution in [0.2, 0.25) is 0 Å². The number of anilines is 1. The summed E-state index contributed by atoms with van der Waals surface area (Å²) in [6.45, 7) is 3.38. The maximum Gasteiger partial charge on any atom is 0.336 e. The lowest BCUT2D eigenvalue weighted by Crippen LogP contribution is -2.16. The Hall–Kier alpha value is -2.14. The van der Waals surface area contributed by atoms with Gasteiger partial charge in [0, 0.05) is 19.0 Å². The maximum absolute atomic E-state index is 11.3. The number of para-hydroxylation sites is 1. The molecule has 2 N–H and O–H groups in total. The van der Waals surface area contributed by atoms with E-state index in [0.29, 0.717) is 35.8 Å². The van der Waals surface area contributed by atoms with Crippen LogP contribution >= 0.6 is 0 Å². The molecule has 1 heterocycles. The Morgan fingerprint density at radius 2 is 2.20 bits per heavy atom. The predicted octanol–water partition coefficient (Wildman–Crippen LogP) is 2.63. The van der Waals surface area contributed by atoms with Gasteiger partial charge >= 0.3 is 5.97 Å². The van der Waals surface area contributed by atoms with E-state index in [1.54, 1.807) is 19.2 Å². The first kappa shape index (κ1) is 14.3. The summed E-state index contributed by atoms with van der Waals surface area (Å²) in [7, 11) is 1.66. The molecule has 0 aliphatic rings. The van der Waals surface area contributed by atoms with Crippen molar-refractivity contribution in [1.82, 2.24) is 4.98 Å². The van der Waals surface area contributed by atoms with Gasteiger partial charge in [-0.1, -0.05) is 25.1 Å². The molecule has 0 spiro atoms. The quantitative estimate of drug-likeness (QED) is 0.847. The van der Waals surface area contributed by atoms with Crippen molar-refractivity contribution in [3.8, 4) is 0 Å². The van der Waals surface area contributed by atoms with Gasteiger partial charge in [0.2, 0.25) is 0 Å². The molecule has 1 unspecified atom stereocenters. The van der Waals surface area contributed by atoms with Crippen molar-refractivity contribution in [2.24, 2.45) is 5.92 Å². The fourth-order valence-corrected chi connectivity index (χ4v) is 2.07. The minimum atomic E-state index is -0.948.